The summed E-state index contributed by atoms with van der Waals surface area (Å²) in [5.41, 5.74) is 4.68. The van der Waals surface area contributed by atoms with Crippen LogP contribution in [0.25, 0.3) is 0 Å². The van der Waals surface area contributed by atoms with Gasteiger partial charge in [0.25, 0.3) is 0 Å². The third kappa shape index (κ3) is 2.38. The number of hydrogen-bond acceptors (Lipinski definition) is 2. The number of benzene rings is 1. The summed E-state index contributed by atoms with van der Waals surface area (Å²) in [6.45, 7) is 5.68. The molecule has 0 aromatic heterocycles. The molecule has 1 spiro atoms. The van der Waals surface area contributed by atoms with Crippen LogP contribution < -0.4 is 0 Å². The molecule has 0 saturated carbocycles. The van der Waals surface area contributed by atoms with Gasteiger partial charge in [-0.2, -0.15) is 0 Å². The third-order valence-electron chi connectivity index (χ3n) is 5.51. The SMILES string of the molecule is CC(=O)N1CCC2(CC1)C[C@@H](N(C)C)c1cc(C)ccc12. The van der Waals surface area contributed by atoms with Gasteiger partial charge in [0.1, 0.15) is 0 Å². The van der Waals surface area contributed by atoms with Crippen molar-refractivity contribution in [3.8, 4) is 0 Å². The van der Waals surface area contributed by atoms with Crippen molar-refractivity contribution in [2.75, 3.05) is 27.2 Å². The summed E-state index contributed by atoms with van der Waals surface area (Å²) in [4.78, 5) is 15.9. The second-order valence-corrected chi connectivity index (χ2v) is 7.06. The topological polar surface area (TPSA) is 23.6 Å². The Morgan fingerprint density at radius 1 is 1.29 bits per heavy atom. The molecule has 0 radical (unpaired) electrons. The Balaban J connectivity index is 1.94. The van der Waals surface area contributed by atoms with Gasteiger partial charge in [-0.05, 0) is 51.4 Å². The average molecular weight is 286 g/mol. The van der Waals surface area contributed by atoms with Crippen LogP contribution in [0.1, 0.15) is 48.9 Å². The molecule has 3 nitrogen and oxygen atoms in total. The zero-order chi connectivity index (χ0) is 15.2. The molecule has 1 amide bonds. The van der Waals surface area contributed by atoms with Crippen molar-refractivity contribution in [1.29, 1.82) is 0 Å². The fourth-order valence-electron chi connectivity index (χ4n) is 4.21. The van der Waals surface area contributed by atoms with Crippen LogP contribution in [0.15, 0.2) is 18.2 Å². The lowest BCUT2D eigenvalue weighted by molar-refractivity contribution is -0.130. The first-order valence-corrected chi connectivity index (χ1v) is 7.96. The van der Waals surface area contributed by atoms with Gasteiger partial charge in [-0.15, -0.1) is 0 Å². The first-order valence-electron chi connectivity index (χ1n) is 7.96. The fraction of sp³-hybridized carbons (Fsp3) is 0.611. The highest BCUT2D eigenvalue weighted by Crippen LogP contribution is 2.52. The molecule has 2 aliphatic rings. The molecule has 1 aliphatic carbocycles. The first kappa shape index (κ1) is 14.6. The number of likely N-dealkylation sites (tertiary alicyclic amines) is 1. The molecule has 0 unspecified atom stereocenters. The van der Waals surface area contributed by atoms with Crippen LogP contribution in [-0.2, 0) is 10.2 Å². The van der Waals surface area contributed by atoms with Crippen molar-refractivity contribution >= 4 is 5.91 Å². The van der Waals surface area contributed by atoms with Gasteiger partial charge in [0.15, 0.2) is 0 Å². The van der Waals surface area contributed by atoms with Crippen LogP contribution >= 0.6 is 0 Å². The molecule has 114 valence electrons. The molecule has 1 aliphatic heterocycles. The van der Waals surface area contributed by atoms with Gasteiger partial charge in [0.2, 0.25) is 5.91 Å². The predicted octanol–water partition coefficient (Wildman–Crippen LogP) is 2.88. The summed E-state index contributed by atoms with van der Waals surface area (Å²) in [5, 5.41) is 0. The number of nitrogens with zero attached hydrogens (tertiary/aromatic N) is 2. The molecular formula is C18H26N2O. The van der Waals surface area contributed by atoms with Crippen LogP contribution in [0.2, 0.25) is 0 Å². The van der Waals surface area contributed by atoms with E-state index < -0.39 is 0 Å². The Labute approximate surface area is 127 Å². The molecule has 0 N–H and O–H groups in total. The Bertz CT molecular complexity index is 556. The third-order valence-corrected chi connectivity index (χ3v) is 5.51. The minimum Gasteiger partial charge on any atom is -0.343 e. The van der Waals surface area contributed by atoms with E-state index in [4.69, 9.17) is 0 Å². The lowest BCUT2D eigenvalue weighted by Gasteiger charge is -2.40. The summed E-state index contributed by atoms with van der Waals surface area (Å²) < 4.78 is 0. The van der Waals surface area contributed by atoms with Crippen LogP contribution in [0.5, 0.6) is 0 Å². The molecule has 1 aromatic rings. The van der Waals surface area contributed by atoms with Crippen molar-refractivity contribution in [1.82, 2.24) is 9.80 Å². The molecule has 1 aromatic carbocycles. The number of aryl methyl sites for hydroxylation is 1. The van der Waals surface area contributed by atoms with Crippen molar-refractivity contribution in [2.45, 2.75) is 44.6 Å². The highest BCUT2D eigenvalue weighted by atomic mass is 16.2. The highest BCUT2D eigenvalue weighted by Gasteiger charge is 2.46. The van der Waals surface area contributed by atoms with E-state index in [1.807, 2.05) is 4.90 Å². The largest absolute Gasteiger partial charge is 0.343 e. The van der Waals surface area contributed by atoms with Crippen LogP contribution in [0, 0.1) is 6.92 Å². The minimum absolute atomic E-state index is 0.219. The summed E-state index contributed by atoms with van der Waals surface area (Å²) in [6, 6.07) is 7.48. The maximum Gasteiger partial charge on any atom is 0.219 e. The number of rotatable bonds is 1. The van der Waals surface area contributed by atoms with Gasteiger partial charge >= 0.3 is 0 Å². The molecule has 3 rings (SSSR count). The Morgan fingerprint density at radius 2 is 1.95 bits per heavy atom. The van der Waals surface area contributed by atoms with E-state index in [0.29, 0.717) is 6.04 Å². The van der Waals surface area contributed by atoms with E-state index in [1.54, 1.807) is 6.92 Å². The van der Waals surface area contributed by atoms with Crippen molar-refractivity contribution in [3.63, 3.8) is 0 Å². The van der Waals surface area contributed by atoms with Crippen LogP contribution in [0.4, 0.5) is 0 Å². The molecule has 1 fully saturated rings. The van der Waals surface area contributed by atoms with Crippen molar-refractivity contribution < 1.29 is 4.79 Å². The monoisotopic (exact) mass is 286 g/mol. The number of hydrogen-bond donors (Lipinski definition) is 0. The average Bonchev–Trinajstić information content (AvgIpc) is 2.74. The Morgan fingerprint density at radius 3 is 2.52 bits per heavy atom. The number of carbonyl (C=O) groups is 1. The van der Waals surface area contributed by atoms with Crippen LogP contribution in [-0.4, -0.2) is 42.9 Å². The molecule has 21 heavy (non-hydrogen) atoms. The van der Waals surface area contributed by atoms with E-state index >= 15 is 0 Å². The summed E-state index contributed by atoms with van der Waals surface area (Å²) in [6.07, 6.45) is 3.41. The molecular weight excluding hydrogens is 260 g/mol. The van der Waals surface area contributed by atoms with Crippen molar-refractivity contribution in [3.05, 3.63) is 34.9 Å². The molecule has 3 heteroatoms. The number of fused-ring (bicyclic) bond motifs is 2. The van der Waals surface area contributed by atoms with Gasteiger partial charge in [0.05, 0.1) is 0 Å². The number of carbonyl (C=O) groups excluding carboxylic acids is 1. The fourth-order valence-corrected chi connectivity index (χ4v) is 4.21. The zero-order valence-corrected chi connectivity index (χ0v) is 13.6. The quantitative estimate of drug-likeness (QED) is 0.792. The highest BCUT2D eigenvalue weighted by molar-refractivity contribution is 5.73. The normalized spacial score (nSPS) is 23.7. The van der Waals surface area contributed by atoms with E-state index in [9.17, 15) is 4.79 Å². The smallest absolute Gasteiger partial charge is 0.219 e. The lowest BCUT2D eigenvalue weighted by Crippen LogP contribution is -2.43. The van der Waals surface area contributed by atoms with Crippen molar-refractivity contribution in [2.24, 2.45) is 0 Å². The Hall–Kier alpha value is -1.35. The number of amides is 1. The van der Waals surface area contributed by atoms with E-state index in [1.165, 1.54) is 23.1 Å². The van der Waals surface area contributed by atoms with Gasteiger partial charge in [-0.25, -0.2) is 0 Å². The maximum absolute atomic E-state index is 11.6. The zero-order valence-electron chi connectivity index (χ0n) is 13.6. The van der Waals surface area contributed by atoms with Gasteiger partial charge in [0, 0.05) is 31.5 Å². The Kier molecular flexibility index (Phi) is 3.56. The van der Waals surface area contributed by atoms with Gasteiger partial charge in [-0.3, -0.25) is 4.79 Å². The maximum atomic E-state index is 11.6. The molecule has 1 saturated heterocycles. The van der Waals surface area contributed by atoms with Gasteiger partial charge in [-0.1, -0.05) is 23.8 Å². The lowest BCUT2D eigenvalue weighted by atomic mass is 9.73. The molecule has 1 atom stereocenters. The second kappa shape index (κ2) is 5.13. The predicted molar refractivity (Wildman–Crippen MR) is 85.4 cm³/mol. The molecule has 1 heterocycles. The molecule has 0 bridgehead atoms. The number of piperidine rings is 1. The minimum atomic E-state index is 0.219. The van der Waals surface area contributed by atoms with Gasteiger partial charge < -0.3 is 9.80 Å². The first-order chi connectivity index (χ1) is 9.93. The summed E-state index contributed by atoms with van der Waals surface area (Å²) in [5.74, 6) is 0.219. The van der Waals surface area contributed by atoms with Crippen LogP contribution in [0.3, 0.4) is 0 Å². The summed E-state index contributed by atoms with van der Waals surface area (Å²) in [7, 11) is 4.36. The second-order valence-electron chi connectivity index (χ2n) is 7.06. The van der Waals surface area contributed by atoms with E-state index in [-0.39, 0.29) is 11.3 Å². The summed E-state index contributed by atoms with van der Waals surface area (Å²) >= 11 is 0. The van der Waals surface area contributed by atoms with E-state index in [0.717, 1.165) is 25.9 Å². The van der Waals surface area contributed by atoms with E-state index in [2.05, 4.69) is 44.1 Å². The standard InChI is InChI=1S/C18H26N2O/c1-13-5-6-16-15(11-13)17(19(3)4)12-18(16)7-9-20(10-8-18)14(2)21/h5-6,11,17H,7-10,12H2,1-4H3/t17-/m1/s1.